The molecule has 1 atom stereocenters. The van der Waals surface area contributed by atoms with E-state index in [2.05, 4.69) is 48.4 Å². The van der Waals surface area contributed by atoms with Crippen LogP contribution in [0.2, 0.25) is 0 Å². The molecule has 0 radical (unpaired) electrons. The van der Waals surface area contributed by atoms with Gasteiger partial charge < -0.3 is 10.1 Å². The number of nitrogens with one attached hydrogen (secondary N) is 2. The second kappa shape index (κ2) is 14.5. The van der Waals surface area contributed by atoms with Crippen LogP contribution in [0.25, 0.3) is 0 Å². The molecule has 1 heterocycles. The maximum absolute atomic E-state index is 5.94. The van der Waals surface area contributed by atoms with E-state index >= 15 is 0 Å². The van der Waals surface area contributed by atoms with Crippen molar-refractivity contribution in [2.24, 2.45) is 13.0 Å². The average molecular weight is 492 g/mol. The number of aromatic nitrogens is 3. The Bertz CT molecular complexity index is 866. The fraction of sp³-hybridized carbons (Fsp3) is 0.600. The largest absolute Gasteiger partial charge is 0.466 e. The van der Waals surface area contributed by atoms with Crippen LogP contribution in [0.5, 0.6) is 5.19 Å². The van der Waals surface area contributed by atoms with Gasteiger partial charge in [0.25, 0.3) is 5.19 Å². The third-order valence-corrected chi connectivity index (χ3v) is 7.42. The lowest BCUT2D eigenvalue weighted by molar-refractivity contribution is 0.211. The second-order valence-corrected chi connectivity index (χ2v) is 10.4. The third kappa shape index (κ3) is 9.55. The Morgan fingerprint density at radius 2 is 2.21 bits per heavy atom. The van der Waals surface area contributed by atoms with E-state index in [1.165, 1.54) is 29.1 Å². The summed E-state index contributed by atoms with van der Waals surface area (Å²) in [5.41, 5.74) is 5.07. The lowest BCUT2D eigenvalue weighted by Crippen LogP contribution is -2.36. The number of allylic oxidation sites excluding steroid dienone is 4. The van der Waals surface area contributed by atoms with Crippen molar-refractivity contribution in [1.29, 1.82) is 0 Å². The van der Waals surface area contributed by atoms with Gasteiger partial charge in [0.15, 0.2) is 0 Å². The molecule has 1 aliphatic rings. The predicted octanol–water partition coefficient (Wildman–Crippen LogP) is 6.02. The molecule has 0 spiro atoms. The molecule has 1 fully saturated rings. The van der Waals surface area contributed by atoms with Crippen LogP contribution >= 0.6 is 23.3 Å². The van der Waals surface area contributed by atoms with Crippen LogP contribution in [0.3, 0.4) is 0 Å². The molecule has 0 saturated heterocycles. The third-order valence-electron chi connectivity index (χ3n) is 5.81. The van der Waals surface area contributed by atoms with E-state index in [0.717, 1.165) is 48.7 Å². The summed E-state index contributed by atoms with van der Waals surface area (Å²) in [6.45, 7) is 12.4. The molecule has 0 amide bonds. The molecule has 33 heavy (non-hydrogen) atoms. The van der Waals surface area contributed by atoms with Crippen molar-refractivity contribution in [2.45, 2.75) is 78.4 Å². The second-order valence-electron chi connectivity index (χ2n) is 8.67. The normalized spacial score (nSPS) is 19.5. The molecule has 2 N–H and O–H groups in total. The highest BCUT2D eigenvalue weighted by Gasteiger charge is 2.25. The van der Waals surface area contributed by atoms with E-state index in [4.69, 9.17) is 9.84 Å². The van der Waals surface area contributed by atoms with Gasteiger partial charge in [-0.15, -0.1) is 5.10 Å². The lowest BCUT2D eigenvalue weighted by atomic mass is 9.83. The van der Waals surface area contributed by atoms with Gasteiger partial charge in [0.1, 0.15) is 0 Å². The van der Waals surface area contributed by atoms with Gasteiger partial charge in [-0.25, -0.2) is 4.98 Å². The van der Waals surface area contributed by atoms with Crippen LogP contribution in [-0.2, 0) is 13.5 Å². The minimum atomic E-state index is 0.129. The highest BCUT2D eigenvalue weighted by molar-refractivity contribution is 8.01. The Morgan fingerprint density at radius 3 is 2.85 bits per heavy atom. The fourth-order valence-corrected chi connectivity index (χ4v) is 5.18. The Kier molecular flexibility index (Phi) is 12.1. The highest BCUT2D eigenvalue weighted by atomic mass is 32.2. The number of hydrogen-bond acceptors (Lipinski definition) is 7. The zero-order valence-corrected chi connectivity index (χ0v) is 22.7. The molecular formula is C25H41N5OS2. The van der Waals surface area contributed by atoms with Gasteiger partial charge in [0.2, 0.25) is 0 Å². The predicted molar refractivity (Wildman–Crippen MR) is 143 cm³/mol. The van der Waals surface area contributed by atoms with Crippen molar-refractivity contribution < 1.29 is 4.74 Å². The highest BCUT2D eigenvalue weighted by Crippen LogP contribution is 2.30. The van der Waals surface area contributed by atoms with Crippen molar-refractivity contribution in [3.63, 3.8) is 0 Å². The maximum atomic E-state index is 5.94. The first-order valence-corrected chi connectivity index (χ1v) is 13.5. The van der Waals surface area contributed by atoms with E-state index in [1.807, 2.05) is 43.4 Å². The number of aryl methyl sites for hydroxylation is 2. The molecule has 1 unspecified atom stereocenters. The summed E-state index contributed by atoms with van der Waals surface area (Å²) >= 11 is 3.19. The lowest BCUT2D eigenvalue weighted by Gasteiger charge is -2.33. The van der Waals surface area contributed by atoms with Crippen molar-refractivity contribution in [2.75, 3.05) is 7.05 Å². The van der Waals surface area contributed by atoms with Crippen LogP contribution < -0.4 is 14.8 Å². The van der Waals surface area contributed by atoms with E-state index in [-0.39, 0.29) is 6.10 Å². The van der Waals surface area contributed by atoms with E-state index < -0.39 is 0 Å². The molecule has 0 aliphatic heterocycles. The molecule has 2 rings (SSSR count). The average Bonchev–Trinajstić information content (AvgIpc) is 2.76. The smallest absolute Gasteiger partial charge is 0.292 e. The summed E-state index contributed by atoms with van der Waals surface area (Å²) in [5.74, 6) is 0.835. The Balaban J connectivity index is 2.15. The van der Waals surface area contributed by atoms with Crippen LogP contribution in [0.4, 0.5) is 0 Å². The molecule has 0 aromatic carbocycles. The summed E-state index contributed by atoms with van der Waals surface area (Å²) in [5, 5.41) is 8.62. The summed E-state index contributed by atoms with van der Waals surface area (Å²) in [6.07, 6.45) is 12.4. The van der Waals surface area contributed by atoms with Gasteiger partial charge in [0.05, 0.1) is 23.0 Å². The summed E-state index contributed by atoms with van der Waals surface area (Å²) in [7, 11) is 3.94. The number of rotatable bonds is 13. The molecular weight excluding hydrogens is 450 g/mol. The van der Waals surface area contributed by atoms with Gasteiger partial charge in [-0.3, -0.25) is 9.40 Å². The summed E-state index contributed by atoms with van der Waals surface area (Å²) in [4.78, 5) is 5.93. The van der Waals surface area contributed by atoms with Crippen LogP contribution in [-0.4, -0.2) is 34.0 Å². The minimum Gasteiger partial charge on any atom is -0.466 e. The van der Waals surface area contributed by atoms with Crippen LogP contribution in [0, 0.1) is 12.8 Å². The molecule has 1 aromatic rings. The molecule has 1 aliphatic carbocycles. The van der Waals surface area contributed by atoms with Crippen molar-refractivity contribution >= 4 is 23.3 Å². The fourth-order valence-electron chi connectivity index (χ4n) is 3.55. The Labute approximate surface area is 208 Å². The van der Waals surface area contributed by atoms with Crippen molar-refractivity contribution in [1.82, 2.24) is 24.8 Å². The van der Waals surface area contributed by atoms with Gasteiger partial charge >= 0.3 is 0 Å². The SMILES string of the molecule is C=C/C=C(\C/C(=C\CCc1c(C)ncsc(OC(C)CC)nn1C)SNC1CC(C)C1)NC. The molecule has 1 saturated carbocycles. The van der Waals surface area contributed by atoms with E-state index in [1.54, 1.807) is 11.9 Å². The topological polar surface area (TPSA) is 64.0 Å². The molecule has 0 bridgehead atoms. The van der Waals surface area contributed by atoms with Gasteiger partial charge in [-0.1, -0.05) is 43.9 Å². The quantitative estimate of drug-likeness (QED) is 0.260. The Morgan fingerprint density at radius 1 is 1.45 bits per heavy atom. The zero-order chi connectivity index (χ0) is 24.2. The first kappa shape index (κ1) is 27.5. The van der Waals surface area contributed by atoms with Crippen molar-refractivity contribution in [3.8, 4) is 5.19 Å². The van der Waals surface area contributed by atoms with Crippen LogP contribution in [0.15, 0.2) is 40.9 Å². The van der Waals surface area contributed by atoms with Crippen molar-refractivity contribution in [3.05, 3.63) is 52.3 Å². The Hall–Kier alpha value is -1.77. The standard InChI is InChI=1S/C25H41N5OS2/c1-8-11-21(26-6)16-23(33-29-22-14-18(3)15-22)12-10-13-24-20(5)27-17-32-25(28-30(24)7)31-19(4)9-2/h8,11-12,17-19,22,26,29H,1,9-10,13-16H2,2-7H3/b21-11+,23-12+,24-20?,27-17?,28-25?. The van der Waals surface area contributed by atoms with Gasteiger partial charge in [-0.2, -0.15) is 0 Å². The monoisotopic (exact) mass is 491 g/mol. The number of hydrogen-bond donors (Lipinski definition) is 2. The first-order chi connectivity index (χ1) is 15.9. The van der Waals surface area contributed by atoms with Gasteiger partial charge in [0, 0.05) is 37.2 Å². The maximum Gasteiger partial charge on any atom is 0.292 e. The molecule has 8 heteroatoms. The number of nitrogens with zero attached hydrogens (tertiary/aromatic N) is 3. The molecule has 1 aromatic heterocycles. The van der Waals surface area contributed by atoms with E-state index in [9.17, 15) is 0 Å². The summed E-state index contributed by atoms with van der Waals surface area (Å²) in [6, 6.07) is 0.613. The van der Waals surface area contributed by atoms with E-state index in [0.29, 0.717) is 11.2 Å². The number of ether oxygens (including phenoxy) is 1. The first-order valence-electron chi connectivity index (χ1n) is 11.8. The van der Waals surface area contributed by atoms with Crippen LogP contribution in [0.1, 0.15) is 64.3 Å². The zero-order valence-electron chi connectivity index (χ0n) is 21.1. The van der Waals surface area contributed by atoms with Gasteiger partial charge in [-0.05, 0) is 69.9 Å². The minimum absolute atomic E-state index is 0.129. The molecule has 184 valence electrons. The molecule has 6 nitrogen and oxygen atoms in total. The summed E-state index contributed by atoms with van der Waals surface area (Å²) < 4.78 is 11.5.